The Labute approximate surface area is 140 Å². The second-order valence-corrected chi connectivity index (χ2v) is 5.92. The molecule has 122 valence electrons. The van der Waals surface area contributed by atoms with Crippen molar-refractivity contribution < 1.29 is 14.3 Å². The molecular weight excluding hydrogens is 310 g/mol. The maximum Gasteiger partial charge on any atom is 0.244 e. The molecule has 0 atom stereocenters. The van der Waals surface area contributed by atoms with Crippen LogP contribution < -0.4 is 14.8 Å². The van der Waals surface area contributed by atoms with Crippen molar-refractivity contribution in [3.63, 3.8) is 0 Å². The van der Waals surface area contributed by atoms with E-state index in [9.17, 15) is 4.79 Å². The standard InChI is InChI=1S/C18H21NO3S/c1-3-10-22-16-8-6-14(12-17(16)21-2)7-9-18(20)19-13-15-5-4-11-23-15/h4-9,11-12H,3,10,13H2,1-2H3,(H,19,20)/b9-7+. The summed E-state index contributed by atoms with van der Waals surface area (Å²) >= 11 is 1.62. The number of nitrogens with one attached hydrogen (secondary N) is 1. The molecular formula is C18H21NO3S. The monoisotopic (exact) mass is 331 g/mol. The number of amides is 1. The Hall–Kier alpha value is -2.27. The van der Waals surface area contributed by atoms with E-state index in [-0.39, 0.29) is 5.91 Å². The van der Waals surface area contributed by atoms with Gasteiger partial charge in [0.15, 0.2) is 11.5 Å². The first-order valence-electron chi connectivity index (χ1n) is 7.52. The first-order valence-corrected chi connectivity index (χ1v) is 8.40. The number of hydrogen-bond acceptors (Lipinski definition) is 4. The minimum atomic E-state index is -0.122. The van der Waals surface area contributed by atoms with Gasteiger partial charge in [0, 0.05) is 11.0 Å². The molecule has 0 aliphatic rings. The quantitative estimate of drug-likeness (QED) is 0.747. The summed E-state index contributed by atoms with van der Waals surface area (Å²) in [5.41, 5.74) is 0.886. The lowest BCUT2D eigenvalue weighted by molar-refractivity contribution is -0.116. The molecule has 0 bridgehead atoms. The van der Waals surface area contributed by atoms with Crippen molar-refractivity contribution in [1.29, 1.82) is 0 Å². The lowest BCUT2D eigenvalue weighted by Crippen LogP contribution is -2.19. The highest BCUT2D eigenvalue weighted by Crippen LogP contribution is 2.28. The number of benzene rings is 1. The third-order valence-electron chi connectivity index (χ3n) is 3.09. The lowest BCUT2D eigenvalue weighted by Gasteiger charge is -2.10. The van der Waals surface area contributed by atoms with Crippen LogP contribution in [0.25, 0.3) is 6.08 Å². The molecule has 1 aromatic carbocycles. The van der Waals surface area contributed by atoms with Crippen molar-refractivity contribution in [2.45, 2.75) is 19.9 Å². The number of thiophene rings is 1. The van der Waals surface area contributed by atoms with Crippen LogP contribution in [0.5, 0.6) is 11.5 Å². The van der Waals surface area contributed by atoms with Crippen molar-refractivity contribution in [3.05, 3.63) is 52.2 Å². The predicted molar refractivity (Wildman–Crippen MR) is 94.0 cm³/mol. The van der Waals surface area contributed by atoms with Crippen molar-refractivity contribution >= 4 is 23.3 Å². The van der Waals surface area contributed by atoms with Crippen molar-refractivity contribution in [2.24, 2.45) is 0 Å². The molecule has 2 aromatic rings. The fourth-order valence-corrected chi connectivity index (χ4v) is 2.58. The van der Waals surface area contributed by atoms with Crippen molar-refractivity contribution in [2.75, 3.05) is 13.7 Å². The van der Waals surface area contributed by atoms with Gasteiger partial charge in [-0.05, 0) is 41.6 Å². The number of methoxy groups -OCH3 is 1. The molecule has 23 heavy (non-hydrogen) atoms. The Morgan fingerprint density at radius 3 is 2.87 bits per heavy atom. The summed E-state index contributed by atoms with van der Waals surface area (Å²) in [5.74, 6) is 1.26. The van der Waals surface area contributed by atoms with Gasteiger partial charge in [0.25, 0.3) is 0 Å². The van der Waals surface area contributed by atoms with E-state index in [1.54, 1.807) is 24.5 Å². The maximum atomic E-state index is 11.8. The van der Waals surface area contributed by atoms with Gasteiger partial charge in [-0.15, -0.1) is 11.3 Å². The summed E-state index contributed by atoms with van der Waals surface area (Å²) in [6.07, 6.45) is 4.22. The lowest BCUT2D eigenvalue weighted by atomic mass is 10.2. The van der Waals surface area contributed by atoms with Crippen LogP contribution in [0, 0.1) is 0 Å². The molecule has 0 unspecified atom stereocenters. The highest BCUT2D eigenvalue weighted by molar-refractivity contribution is 7.09. The fourth-order valence-electron chi connectivity index (χ4n) is 1.94. The SMILES string of the molecule is CCCOc1ccc(/C=C/C(=O)NCc2cccs2)cc1OC. The Kier molecular flexibility index (Phi) is 6.69. The first-order chi connectivity index (χ1) is 11.2. The zero-order valence-electron chi connectivity index (χ0n) is 13.4. The van der Waals surface area contributed by atoms with Gasteiger partial charge >= 0.3 is 0 Å². The third-order valence-corrected chi connectivity index (χ3v) is 3.97. The minimum Gasteiger partial charge on any atom is -0.493 e. The normalized spacial score (nSPS) is 10.7. The van der Waals surface area contributed by atoms with Crippen LogP contribution in [0.4, 0.5) is 0 Å². The molecule has 0 aliphatic carbocycles. The molecule has 1 heterocycles. The molecule has 2 rings (SSSR count). The van der Waals surface area contributed by atoms with Gasteiger partial charge in [-0.2, -0.15) is 0 Å². The summed E-state index contributed by atoms with van der Waals surface area (Å²) in [6, 6.07) is 9.58. The van der Waals surface area contributed by atoms with Crippen LogP contribution in [-0.2, 0) is 11.3 Å². The minimum absolute atomic E-state index is 0.122. The molecule has 5 heteroatoms. The molecule has 0 saturated heterocycles. The van der Waals surface area contributed by atoms with Gasteiger partial charge in [0.1, 0.15) is 0 Å². The van der Waals surface area contributed by atoms with E-state index >= 15 is 0 Å². The topological polar surface area (TPSA) is 47.6 Å². The second kappa shape index (κ2) is 9.00. The number of rotatable bonds is 8. The summed E-state index contributed by atoms with van der Waals surface area (Å²) in [4.78, 5) is 13.0. The van der Waals surface area contributed by atoms with E-state index in [1.165, 1.54) is 6.08 Å². The fraction of sp³-hybridized carbons (Fsp3) is 0.278. The average molecular weight is 331 g/mol. The van der Waals surface area contributed by atoms with Gasteiger partial charge in [-0.1, -0.05) is 19.1 Å². The van der Waals surface area contributed by atoms with Gasteiger partial charge in [0.2, 0.25) is 5.91 Å². The average Bonchev–Trinajstić information content (AvgIpc) is 3.10. The summed E-state index contributed by atoms with van der Waals surface area (Å²) in [7, 11) is 1.61. The molecule has 0 spiro atoms. The van der Waals surface area contributed by atoms with Gasteiger partial charge in [0.05, 0.1) is 20.3 Å². The Morgan fingerprint density at radius 1 is 1.30 bits per heavy atom. The summed E-state index contributed by atoms with van der Waals surface area (Å²) in [5, 5.41) is 4.84. The maximum absolute atomic E-state index is 11.8. The molecule has 0 radical (unpaired) electrons. The van der Waals surface area contributed by atoms with E-state index in [0.717, 1.165) is 16.9 Å². The molecule has 0 saturated carbocycles. The Bertz CT molecular complexity index is 650. The predicted octanol–water partition coefficient (Wildman–Crippen LogP) is 3.88. The van der Waals surface area contributed by atoms with E-state index in [2.05, 4.69) is 12.2 Å². The van der Waals surface area contributed by atoms with Gasteiger partial charge < -0.3 is 14.8 Å². The molecule has 4 nitrogen and oxygen atoms in total. The highest BCUT2D eigenvalue weighted by atomic mass is 32.1. The molecule has 0 fully saturated rings. The van der Waals surface area contributed by atoms with Crippen LogP contribution in [-0.4, -0.2) is 19.6 Å². The number of carbonyl (C=O) groups excluding carboxylic acids is 1. The molecule has 0 aliphatic heterocycles. The summed E-state index contributed by atoms with van der Waals surface area (Å²) < 4.78 is 10.9. The van der Waals surface area contributed by atoms with Crippen LogP contribution in [0.15, 0.2) is 41.8 Å². The van der Waals surface area contributed by atoms with E-state index in [0.29, 0.717) is 24.7 Å². The molecule has 1 aromatic heterocycles. The number of carbonyl (C=O) groups is 1. The van der Waals surface area contributed by atoms with Crippen molar-refractivity contribution in [3.8, 4) is 11.5 Å². The zero-order valence-corrected chi connectivity index (χ0v) is 14.2. The van der Waals surface area contributed by atoms with E-state index in [4.69, 9.17) is 9.47 Å². The van der Waals surface area contributed by atoms with Gasteiger partial charge in [-0.3, -0.25) is 4.79 Å². The smallest absolute Gasteiger partial charge is 0.244 e. The zero-order chi connectivity index (χ0) is 16.5. The summed E-state index contributed by atoms with van der Waals surface area (Å²) in [6.45, 7) is 3.25. The largest absolute Gasteiger partial charge is 0.493 e. The Morgan fingerprint density at radius 2 is 2.17 bits per heavy atom. The van der Waals surface area contributed by atoms with Crippen molar-refractivity contribution in [1.82, 2.24) is 5.32 Å². The molecule has 1 N–H and O–H groups in total. The van der Waals surface area contributed by atoms with Crippen LogP contribution in [0.1, 0.15) is 23.8 Å². The first kappa shape index (κ1) is 17.1. The van der Waals surface area contributed by atoms with E-state index in [1.807, 2.05) is 35.7 Å². The van der Waals surface area contributed by atoms with Crippen LogP contribution in [0.2, 0.25) is 0 Å². The second-order valence-electron chi connectivity index (χ2n) is 4.89. The van der Waals surface area contributed by atoms with Crippen LogP contribution in [0.3, 0.4) is 0 Å². The number of ether oxygens (including phenoxy) is 2. The molecule has 1 amide bonds. The van der Waals surface area contributed by atoms with Crippen LogP contribution >= 0.6 is 11.3 Å². The highest BCUT2D eigenvalue weighted by Gasteiger charge is 2.04. The van der Waals surface area contributed by atoms with Gasteiger partial charge in [-0.25, -0.2) is 0 Å². The Balaban J connectivity index is 1.94. The number of hydrogen-bond donors (Lipinski definition) is 1. The third kappa shape index (κ3) is 5.45. The van der Waals surface area contributed by atoms with E-state index < -0.39 is 0 Å².